The van der Waals surface area contributed by atoms with E-state index in [-0.39, 0.29) is 17.2 Å². The smallest absolute Gasteiger partial charge is 0.232 e. The Morgan fingerprint density at radius 1 is 1.40 bits per heavy atom. The molecule has 0 unspecified atom stereocenters. The summed E-state index contributed by atoms with van der Waals surface area (Å²) in [4.78, 5) is 27.8. The second kappa shape index (κ2) is 6.80. The van der Waals surface area contributed by atoms with Crippen molar-refractivity contribution in [3.05, 3.63) is 0 Å². The molecule has 0 N–H and O–H groups in total. The van der Waals surface area contributed by atoms with Gasteiger partial charge in [-0.2, -0.15) is 11.8 Å². The van der Waals surface area contributed by atoms with E-state index in [0.29, 0.717) is 25.3 Å². The Hall–Kier alpha value is -0.750. The fourth-order valence-electron chi connectivity index (χ4n) is 3.17. The number of nitrogens with zero attached hydrogens (tertiary/aromatic N) is 2. The van der Waals surface area contributed by atoms with Gasteiger partial charge < -0.3 is 14.5 Å². The maximum absolute atomic E-state index is 12.1. The average Bonchev–Trinajstić information content (AvgIpc) is 2.73. The first kappa shape index (κ1) is 15.6. The minimum absolute atomic E-state index is 0.0982. The van der Waals surface area contributed by atoms with Crippen molar-refractivity contribution >= 4 is 23.6 Å². The molecule has 2 aliphatic rings. The highest BCUT2D eigenvalue weighted by atomic mass is 32.2. The summed E-state index contributed by atoms with van der Waals surface area (Å²) in [6, 6.07) is 0. The van der Waals surface area contributed by atoms with Crippen LogP contribution in [-0.2, 0) is 14.3 Å². The zero-order valence-electron chi connectivity index (χ0n) is 12.4. The Labute approximate surface area is 125 Å². The van der Waals surface area contributed by atoms with Crippen LogP contribution in [0.1, 0.15) is 19.3 Å². The molecule has 0 saturated carbocycles. The monoisotopic (exact) mass is 300 g/mol. The topological polar surface area (TPSA) is 49.9 Å². The molecule has 0 radical (unpaired) electrons. The van der Waals surface area contributed by atoms with Crippen molar-refractivity contribution in [1.29, 1.82) is 0 Å². The van der Waals surface area contributed by atoms with Crippen molar-refractivity contribution in [1.82, 2.24) is 9.80 Å². The summed E-state index contributed by atoms with van der Waals surface area (Å²) in [6.45, 7) is 3.71. The number of carbonyl (C=O) groups is 2. The summed E-state index contributed by atoms with van der Waals surface area (Å²) < 4.78 is 5.05. The molecule has 0 aromatic heterocycles. The number of hydrogen-bond donors (Lipinski definition) is 0. The Morgan fingerprint density at radius 2 is 2.10 bits per heavy atom. The van der Waals surface area contributed by atoms with E-state index in [2.05, 4.69) is 0 Å². The third kappa shape index (κ3) is 3.47. The van der Waals surface area contributed by atoms with E-state index in [9.17, 15) is 9.59 Å². The predicted molar refractivity (Wildman–Crippen MR) is 79.7 cm³/mol. The fraction of sp³-hybridized carbons (Fsp3) is 0.857. The van der Waals surface area contributed by atoms with Crippen LogP contribution in [0, 0.1) is 5.41 Å². The van der Waals surface area contributed by atoms with Gasteiger partial charge in [-0.25, -0.2) is 0 Å². The highest BCUT2D eigenvalue weighted by Crippen LogP contribution is 2.40. The van der Waals surface area contributed by atoms with Crippen LogP contribution in [-0.4, -0.2) is 73.5 Å². The van der Waals surface area contributed by atoms with Crippen LogP contribution in [0.25, 0.3) is 0 Å². The Balaban J connectivity index is 1.86. The van der Waals surface area contributed by atoms with Crippen LogP contribution >= 0.6 is 11.8 Å². The van der Waals surface area contributed by atoms with Gasteiger partial charge in [0.1, 0.15) is 0 Å². The molecule has 0 aromatic rings. The number of likely N-dealkylation sites (tertiary alicyclic amines) is 2. The summed E-state index contributed by atoms with van der Waals surface area (Å²) >= 11 is 1.57. The number of amides is 2. The quantitative estimate of drug-likeness (QED) is 0.755. The van der Waals surface area contributed by atoms with Gasteiger partial charge in [0.15, 0.2) is 0 Å². The van der Waals surface area contributed by atoms with Crippen molar-refractivity contribution < 1.29 is 14.3 Å². The van der Waals surface area contributed by atoms with Crippen molar-refractivity contribution in [3.63, 3.8) is 0 Å². The second-order valence-electron chi connectivity index (χ2n) is 5.80. The SMILES string of the molecule is COCCN1CC2(CCN(C(=O)CSC)CC2)CC1=O. The van der Waals surface area contributed by atoms with Crippen LogP contribution in [0.3, 0.4) is 0 Å². The molecule has 2 saturated heterocycles. The molecule has 2 heterocycles. The van der Waals surface area contributed by atoms with E-state index >= 15 is 0 Å². The van der Waals surface area contributed by atoms with Crippen molar-refractivity contribution in [3.8, 4) is 0 Å². The standard InChI is InChI=1S/C14H24N2O3S/c1-19-8-7-16-11-14(9-12(16)17)3-5-15(6-4-14)13(18)10-20-2/h3-11H2,1-2H3. The van der Waals surface area contributed by atoms with Gasteiger partial charge in [-0.05, 0) is 19.1 Å². The minimum Gasteiger partial charge on any atom is -0.383 e. The summed E-state index contributed by atoms with van der Waals surface area (Å²) in [5.74, 6) is 1.03. The molecule has 2 fully saturated rings. The highest BCUT2D eigenvalue weighted by molar-refractivity contribution is 7.99. The zero-order chi connectivity index (χ0) is 14.6. The van der Waals surface area contributed by atoms with Crippen molar-refractivity contribution in [2.75, 3.05) is 51.9 Å². The first-order valence-electron chi connectivity index (χ1n) is 7.14. The molecule has 2 rings (SSSR count). The van der Waals surface area contributed by atoms with Crippen LogP contribution < -0.4 is 0 Å². The summed E-state index contributed by atoms with van der Waals surface area (Å²) in [5, 5.41) is 0. The lowest BCUT2D eigenvalue weighted by Gasteiger charge is -2.38. The maximum Gasteiger partial charge on any atom is 0.232 e. The molecule has 2 amide bonds. The highest BCUT2D eigenvalue weighted by Gasteiger charge is 2.45. The molecule has 20 heavy (non-hydrogen) atoms. The molecule has 114 valence electrons. The van der Waals surface area contributed by atoms with Gasteiger partial charge in [0, 0.05) is 45.1 Å². The third-order valence-electron chi connectivity index (χ3n) is 4.42. The predicted octanol–water partition coefficient (Wildman–Crippen LogP) is 0.837. The average molecular weight is 300 g/mol. The number of ether oxygens (including phenoxy) is 1. The van der Waals surface area contributed by atoms with Crippen LogP contribution in [0.2, 0.25) is 0 Å². The largest absolute Gasteiger partial charge is 0.383 e. The molecule has 0 bridgehead atoms. The van der Waals surface area contributed by atoms with E-state index in [1.807, 2.05) is 16.1 Å². The summed E-state index contributed by atoms with van der Waals surface area (Å²) in [7, 11) is 1.66. The third-order valence-corrected chi connectivity index (χ3v) is 4.95. The first-order valence-corrected chi connectivity index (χ1v) is 8.53. The van der Waals surface area contributed by atoms with Crippen LogP contribution in [0.5, 0.6) is 0 Å². The molecular formula is C14H24N2O3S. The van der Waals surface area contributed by atoms with E-state index in [1.165, 1.54) is 0 Å². The molecule has 5 nitrogen and oxygen atoms in total. The first-order chi connectivity index (χ1) is 9.60. The van der Waals surface area contributed by atoms with Crippen molar-refractivity contribution in [2.24, 2.45) is 5.41 Å². The zero-order valence-corrected chi connectivity index (χ0v) is 13.2. The van der Waals surface area contributed by atoms with E-state index in [4.69, 9.17) is 4.74 Å². The fourth-order valence-corrected chi connectivity index (χ4v) is 3.60. The molecule has 0 aromatic carbocycles. The van der Waals surface area contributed by atoms with E-state index < -0.39 is 0 Å². The maximum atomic E-state index is 12.1. The second-order valence-corrected chi connectivity index (χ2v) is 6.66. The lowest BCUT2D eigenvalue weighted by molar-refractivity contribution is -0.130. The molecule has 0 aliphatic carbocycles. The van der Waals surface area contributed by atoms with Gasteiger partial charge in [-0.15, -0.1) is 0 Å². The molecule has 2 aliphatic heterocycles. The van der Waals surface area contributed by atoms with Crippen molar-refractivity contribution in [2.45, 2.75) is 19.3 Å². The molecular weight excluding hydrogens is 276 g/mol. The Bertz CT molecular complexity index is 367. The van der Waals surface area contributed by atoms with Crippen LogP contribution in [0.4, 0.5) is 0 Å². The summed E-state index contributed by atoms with van der Waals surface area (Å²) in [5.41, 5.74) is 0.0982. The molecule has 1 spiro atoms. The van der Waals surface area contributed by atoms with Gasteiger partial charge in [0.05, 0.1) is 12.4 Å². The van der Waals surface area contributed by atoms with Gasteiger partial charge in [-0.3, -0.25) is 9.59 Å². The van der Waals surface area contributed by atoms with Crippen LogP contribution in [0.15, 0.2) is 0 Å². The lowest BCUT2D eigenvalue weighted by Crippen LogP contribution is -2.45. The Kier molecular flexibility index (Phi) is 5.32. The number of rotatable bonds is 5. The van der Waals surface area contributed by atoms with Gasteiger partial charge in [0.25, 0.3) is 0 Å². The number of piperidine rings is 1. The summed E-state index contributed by atoms with van der Waals surface area (Å²) in [6.07, 6.45) is 4.48. The minimum atomic E-state index is 0.0982. The molecule has 0 atom stereocenters. The van der Waals surface area contributed by atoms with Gasteiger partial charge >= 0.3 is 0 Å². The van der Waals surface area contributed by atoms with Gasteiger partial charge in [-0.1, -0.05) is 0 Å². The number of methoxy groups -OCH3 is 1. The number of hydrogen-bond acceptors (Lipinski definition) is 4. The number of carbonyl (C=O) groups excluding carboxylic acids is 2. The van der Waals surface area contributed by atoms with E-state index in [1.54, 1.807) is 18.9 Å². The number of thioether (sulfide) groups is 1. The normalized spacial score (nSPS) is 21.8. The Morgan fingerprint density at radius 3 is 2.70 bits per heavy atom. The van der Waals surface area contributed by atoms with E-state index in [0.717, 1.165) is 32.5 Å². The molecule has 6 heteroatoms. The van der Waals surface area contributed by atoms with Gasteiger partial charge in [0.2, 0.25) is 11.8 Å². The lowest BCUT2D eigenvalue weighted by atomic mass is 9.77.